The molecular formula is C12H17NO. The lowest BCUT2D eigenvalue weighted by Gasteiger charge is -2.18. The maximum Gasteiger partial charge on any atom is 0.182 e. The molecule has 0 aliphatic heterocycles. The fourth-order valence-electron chi connectivity index (χ4n) is 1.33. The van der Waals surface area contributed by atoms with Crippen molar-refractivity contribution in [2.75, 3.05) is 0 Å². The van der Waals surface area contributed by atoms with Gasteiger partial charge in [-0.15, -0.1) is 0 Å². The Labute approximate surface area is 85.1 Å². The number of rotatable bonds is 2. The summed E-state index contributed by atoms with van der Waals surface area (Å²) in [4.78, 5) is 11.9. The summed E-state index contributed by atoms with van der Waals surface area (Å²) in [5, 5.41) is 0. The molecule has 14 heavy (non-hydrogen) atoms. The van der Waals surface area contributed by atoms with Gasteiger partial charge in [-0.3, -0.25) is 4.79 Å². The van der Waals surface area contributed by atoms with Gasteiger partial charge in [0, 0.05) is 5.56 Å². The van der Waals surface area contributed by atoms with Crippen LogP contribution in [0.4, 0.5) is 0 Å². The third-order valence-electron chi connectivity index (χ3n) is 2.22. The van der Waals surface area contributed by atoms with Crippen LogP contribution in [-0.4, -0.2) is 11.3 Å². The maximum absolute atomic E-state index is 11.9. The summed E-state index contributed by atoms with van der Waals surface area (Å²) in [6.45, 7) is 7.37. The second kappa shape index (κ2) is 3.54. The minimum absolute atomic E-state index is 0.00120. The highest BCUT2D eigenvalue weighted by Crippen LogP contribution is 2.16. The first-order chi connectivity index (χ1) is 6.32. The van der Waals surface area contributed by atoms with Crippen molar-refractivity contribution in [1.82, 2.24) is 0 Å². The fourth-order valence-corrected chi connectivity index (χ4v) is 1.33. The number of hydrogen-bond acceptors (Lipinski definition) is 2. The highest BCUT2D eigenvalue weighted by Gasteiger charge is 2.24. The average molecular weight is 191 g/mol. The van der Waals surface area contributed by atoms with Gasteiger partial charge in [-0.05, 0) is 39.3 Å². The van der Waals surface area contributed by atoms with E-state index in [4.69, 9.17) is 5.73 Å². The van der Waals surface area contributed by atoms with E-state index in [1.807, 2.05) is 32.0 Å². The molecule has 0 radical (unpaired) electrons. The predicted octanol–water partition coefficient (Wildman–Crippen LogP) is 2.22. The molecule has 0 atom stereocenters. The van der Waals surface area contributed by atoms with Crippen LogP contribution in [0, 0.1) is 13.8 Å². The zero-order chi connectivity index (χ0) is 10.9. The largest absolute Gasteiger partial charge is 0.319 e. The smallest absolute Gasteiger partial charge is 0.182 e. The number of benzene rings is 1. The first-order valence-corrected chi connectivity index (χ1v) is 4.73. The normalized spacial score (nSPS) is 11.5. The lowest BCUT2D eigenvalue weighted by atomic mass is 9.91. The van der Waals surface area contributed by atoms with Crippen molar-refractivity contribution in [3.8, 4) is 0 Å². The maximum atomic E-state index is 11.9. The molecule has 1 rings (SSSR count). The number of Topliss-reactive ketones (excluding diaryl/α,β-unsaturated/α-hetero) is 1. The molecule has 76 valence electrons. The number of ketones is 1. The molecule has 0 amide bonds. The summed E-state index contributed by atoms with van der Waals surface area (Å²) < 4.78 is 0. The van der Waals surface area contributed by atoms with Gasteiger partial charge in [0.05, 0.1) is 5.54 Å². The van der Waals surface area contributed by atoms with Gasteiger partial charge in [0.2, 0.25) is 0 Å². The molecule has 2 nitrogen and oxygen atoms in total. The molecule has 0 saturated carbocycles. The molecular weight excluding hydrogens is 174 g/mol. The van der Waals surface area contributed by atoms with Gasteiger partial charge in [-0.25, -0.2) is 0 Å². The van der Waals surface area contributed by atoms with Gasteiger partial charge < -0.3 is 5.73 Å². The Hall–Kier alpha value is -1.15. The van der Waals surface area contributed by atoms with Crippen molar-refractivity contribution in [3.05, 3.63) is 34.9 Å². The molecule has 1 aromatic carbocycles. The van der Waals surface area contributed by atoms with Crippen molar-refractivity contribution in [2.24, 2.45) is 5.73 Å². The van der Waals surface area contributed by atoms with Crippen LogP contribution in [0.5, 0.6) is 0 Å². The Bertz CT molecular complexity index is 361. The summed E-state index contributed by atoms with van der Waals surface area (Å²) >= 11 is 0. The van der Waals surface area contributed by atoms with Crippen molar-refractivity contribution < 1.29 is 4.79 Å². The highest BCUT2D eigenvalue weighted by atomic mass is 16.1. The van der Waals surface area contributed by atoms with E-state index in [0.29, 0.717) is 0 Å². The molecule has 0 heterocycles. The summed E-state index contributed by atoms with van der Waals surface area (Å²) in [6, 6.07) is 5.84. The Morgan fingerprint density at radius 2 is 1.86 bits per heavy atom. The summed E-state index contributed by atoms with van der Waals surface area (Å²) in [5.41, 5.74) is 7.79. The van der Waals surface area contributed by atoms with E-state index < -0.39 is 5.54 Å². The van der Waals surface area contributed by atoms with Crippen molar-refractivity contribution in [1.29, 1.82) is 0 Å². The molecule has 0 spiro atoms. The molecule has 0 fully saturated rings. The minimum Gasteiger partial charge on any atom is -0.319 e. The van der Waals surface area contributed by atoms with Gasteiger partial charge in [-0.1, -0.05) is 17.7 Å². The molecule has 1 aromatic rings. The van der Waals surface area contributed by atoms with Crippen molar-refractivity contribution in [3.63, 3.8) is 0 Å². The molecule has 0 aliphatic rings. The first-order valence-electron chi connectivity index (χ1n) is 4.73. The fraction of sp³-hybridized carbons (Fsp3) is 0.417. The van der Waals surface area contributed by atoms with Crippen LogP contribution in [0.3, 0.4) is 0 Å². The molecule has 2 N–H and O–H groups in total. The Balaban J connectivity index is 3.19. The van der Waals surface area contributed by atoms with E-state index in [-0.39, 0.29) is 5.78 Å². The van der Waals surface area contributed by atoms with E-state index in [1.165, 1.54) is 0 Å². The Kier molecular flexibility index (Phi) is 2.76. The zero-order valence-corrected chi connectivity index (χ0v) is 9.22. The molecule has 0 saturated heterocycles. The lowest BCUT2D eigenvalue weighted by molar-refractivity contribution is 0.0913. The van der Waals surface area contributed by atoms with Gasteiger partial charge in [0.1, 0.15) is 0 Å². The van der Waals surface area contributed by atoms with Crippen molar-refractivity contribution in [2.45, 2.75) is 33.2 Å². The van der Waals surface area contributed by atoms with Crippen LogP contribution in [-0.2, 0) is 0 Å². The molecule has 0 bridgehead atoms. The third-order valence-corrected chi connectivity index (χ3v) is 2.22. The van der Waals surface area contributed by atoms with Gasteiger partial charge in [-0.2, -0.15) is 0 Å². The van der Waals surface area contributed by atoms with E-state index in [1.54, 1.807) is 13.8 Å². The van der Waals surface area contributed by atoms with Crippen molar-refractivity contribution >= 4 is 5.78 Å². The quantitative estimate of drug-likeness (QED) is 0.728. The number of aryl methyl sites for hydroxylation is 2. The summed E-state index contributed by atoms with van der Waals surface area (Å²) in [5.74, 6) is -0.00120. The first kappa shape index (κ1) is 10.9. The Morgan fingerprint density at radius 1 is 1.29 bits per heavy atom. The van der Waals surface area contributed by atoms with Gasteiger partial charge in [0.15, 0.2) is 5.78 Å². The summed E-state index contributed by atoms with van der Waals surface area (Å²) in [6.07, 6.45) is 0. The lowest BCUT2D eigenvalue weighted by Crippen LogP contribution is -2.41. The third kappa shape index (κ3) is 2.20. The molecule has 0 aromatic heterocycles. The van der Waals surface area contributed by atoms with E-state index >= 15 is 0 Å². The summed E-state index contributed by atoms with van der Waals surface area (Å²) in [7, 11) is 0. The predicted molar refractivity (Wildman–Crippen MR) is 58.5 cm³/mol. The standard InChI is InChI=1S/C12H17NO/c1-8-5-6-9(2)10(7-8)11(14)12(3,4)13/h5-7H,13H2,1-4H3. The highest BCUT2D eigenvalue weighted by molar-refractivity contribution is 6.03. The van der Waals surface area contributed by atoms with Gasteiger partial charge >= 0.3 is 0 Å². The second-order valence-electron chi connectivity index (χ2n) is 4.37. The average Bonchev–Trinajstić information content (AvgIpc) is 2.06. The minimum atomic E-state index is -0.793. The zero-order valence-electron chi connectivity index (χ0n) is 9.22. The van der Waals surface area contributed by atoms with Gasteiger partial charge in [0.25, 0.3) is 0 Å². The monoisotopic (exact) mass is 191 g/mol. The molecule has 0 unspecified atom stereocenters. The number of hydrogen-bond donors (Lipinski definition) is 1. The van der Waals surface area contributed by atoms with E-state index in [2.05, 4.69) is 0 Å². The number of carbonyl (C=O) groups excluding carboxylic acids is 1. The topological polar surface area (TPSA) is 43.1 Å². The number of nitrogens with two attached hydrogens (primary N) is 1. The van der Waals surface area contributed by atoms with Crippen LogP contribution in [0.25, 0.3) is 0 Å². The number of carbonyl (C=O) groups is 1. The van der Waals surface area contributed by atoms with E-state index in [0.717, 1.165) is 16.7 Å². The molecule has 2 heteroatoms. The van der Waals surface area contributed by atoms with Crippen LogP contribution in [0.1, 0.15) is 35.3 Å². The SMILES string of the molecule is Cc1ccc(C)c(C(=O)C(C)(C)N)c1. The van der Waals surface area contributed by atoms with Crippen LogP contribution >= 0.6 is 0 Å². The Morgan fingerprint density at radius 3 is 2.36 bits per heavy atom. The van der Waals surface area contributed by atoms with E-state index in [9.17, 15) is 4.79 Å². The second-order valence-corrected chi connectivity index (χ2v) is 4.37. The molecule has 0 aliphatic carbocycles. The van der Waals surface area contributed by atoms with Crippen LogP contribution in [0.2, 0.25) is 0 Å². The van der Waals surface area contributed by atoms with Crippen LogP contribution < -0.4 is 5.73 Å². The van der Waals surface area contributed by atoms with Crippen LogP contribution in [0.15, 0.2) is 18.2 Å².